The van der Waals surface area contributed by atoms with Crippen LogP contribution >= 0.6 is 11.6 Å². The van der Waals surface area contributed by atoms with Gasteiger partial charge in [0.2, 0.25) is 0 Å². The van der Waals surface area contributed by atoms with Crippen molar-refractivity contribution in [2.24, 2.45) is 0 Å². The van der Waals surface area contributed by atoms with Crippen LogP contribution in [-0.2, 0) is 13.1 Å². The lowest BCUT2D eigenvalue weighted by Crippen LogP contribution is -2.26. The summed E-state index contributed by atoms with van der Waals surface area (Å²) in [5.74, 6) is 0. The fraction of sp³-hybridized carbons (Fsp3) is 0.750. The lowest BCUT2D eigenvalue weighted by atomic mass is 10.3. The number of aromatic nitrogens is 2. The Bertz CT molecular complexity index is 352. The molecule has 1 aromatic rings. The Kier molecular flexibility index (Phi) is 5.95. The second kappa shape index (κ2) is 6.99. The van der Waals surface area contributed by atoms with Crippen LogP contribution < -0.4 is 0 Å². The van der Waals surface area contributed by atoms with Gasteiger partial charge >= 0.3 is 0 Å². The molecule has 0 aliphatic heterocycles. The third kappa shape index (κ3) is 3.69. The monoisotopic (exact) mass is 259 g/mol. The van der Waals surface area contributed by atoms with Crippen molar-refractivity contribution in [1.29, 1.82) is 0 Å². The number of nitrogens with zero attached hydrogens (tertiary/aromatic N) is 3. The largest absolute Gasteiger partial charge is 0.396 e. The molecule has 0 saturated carbocycles. The molecule has 1 N–H and O–H groups in total. The molecular weight excluding hydrogens is 238 g/mol. The van der Waals surface area contributed by atoms with Crippen molar-refractivity contribution < 1.29 is 5.11 Å². The first-order valence-corrected chi connectivity index (χ1v) is 6.56. The number of hydrogen-bond acceptors (Lipinski definition) is 3. The minimum atomic E-state index is 0.232. The maximum absolute atomic E-state index is 8.87. The summed E-state index contributed by atoms with van der Waals surface area (Å²) in [7, 11) is 0. The molecule has 5 heteroatoms. The Morgan fingerprint density at radius 2 is 2.12 bits per heavy atom. The highest BCUT2D eigenvalue weighted by Crippen LogP contribution is 2.21. The second-order valence-electron chi connectivity index (χ2n) is 4.11. The molecule has 1 aromatic heterocycles. The predicted octanol–water partition coefficient (Wildman–Crippen LogP) is 2.07. The smallest absolute Gasteiger partial charge is 0.0860 e. The first-order valence-electron chi connectivity index (χ1n) is 6.19. The molecule has 1 rings (SSSR count). The third-order valence-electron chi connectivity index (χ3n) is 2.91. The van der Waals surface area contributed by atoms with E-state index in [0.717, 1.165) is 49.0 Å². The Balaban J connectivity index is 2.77. The van der Waals surface area contributed by atoms with Crippen LogP contribution in [0.2, 0.25) is 5.02 Å². The van der Waals surface area contributed by atoms with E-state index >= 15 is 0 Å². The van der Waals surface area contributed by atoms with Gasteiger partial charge in [-0.15, -0.1) is 0 Å². The summed E-state index contributed by atoms with van der Waals surface area (Å²) in [6, 6.07) is 0. The van der Waals surface area contributed by atoms with E-state index in [9.17, 15) is 0 Å². The zero-order chi connectivity index (χ0) is 12.8. The van der Waals surface area contributed by atoms with Crippen molar-refractivity contribution in [2.45, 2.75) is 40.3 Å². The molecule has 0 fully saturated rings. The Labute approximate surface area is 108 Å². The van der Waals surface area contributed by atoms with Gasteiger partial charge in [0, 0.05) is 26.2 Å². The molecule has 0 bridgehead atoms. The first-order chi connectivity index (χ1) is 8.13. The lowest BCUT2D eigenvalue weighted by Gasteiger charge is -2.20. The van der Waals surface area contributed by atoms with Crippen molar-refractivity contribution in [3.05, 3.63) is 16.4 Å². The van der Waals surface area contributed by atoms with Gasteiger partial charge < -0.3 is 5.11 Å². The highest BCUT2D eigenvalue weighted by atomic mass is 35.5. The van der Waals surface area contributed by atoms with Gasteiger partial charge in [-0.3, -0.25) is 9.58 Å². The van der Waals surface area contributed by atoms with Gasteiger partial charge in [0.15, 0.2) is 0 Å². The summed E-state index contributed by atoms with van der Waals surface area (Å²) in [5, 5.41) is 14.0. The number of halogens is 1. The molecule has 0 spiro atoms. The van der Waals surface area contributed by atoms with Crippen LogP contribution in [0, 0.1) is 6.92 Å². The predicted molar refractivity (Wildman–Crippen MR) is 70.3 cm³/mol. The van der Waals surface area contributed by atoms with Gasteiger partial charge in [0.25, 0.3) is 0 Å². The number of aliphatic hydroxyl groups excluding tert-OH is 1. The topological polar surface area (TPSA) is 41.3 Å². The molecule has 1 heterocycles. The minimum absolute atomic E-state index is 0.232. The summed E-state index contributed by atoms with van der Waals surface area (Å²) >= 11 is 6.27. The molecule has 0 aliphatic carbocycles. The van der Waals surface area contributed by atoms with E-state index < -0.39 is 0 Å². The zero-order valence-corrected chi connectivity index (χ0v) is 11.7. The standard InChI is InChI=1S/C12H22ClN3O/c1-4-15(7-6-8-17)9-11-12(13)10(3)14-16(11)5-2/h17H,4-9H2,1-3H3. The highest BCUT2D eigenvalue weighted by Gasteiger charge is 2.15. The number of aryl methyl sites for hydroxylation is 2. The average molecular weight is 260 g/mol. The van der Waals surface area contributed by atoms with Gasteiger partial charge in [-0.2, -0.15) is 5.10 Å². The van der Waals surface area contributed by atoms with Crippen molar-refractivity contribution in [1.82, 2.24) is 14.7 Å². The fourth-order valence-corrected chi connectivity index (χ4v) is 2.07. The van der Waals surface area contributed by atoms with Crippen molar-refractivity contribution in [3.8, 4) is 0 Å². The molecular formula is C12H22ClN3O. The molecule has 0 radical (unpaired) electrons. The first kappa shape index (κ1) is 14.5. The molecule has 0 amide bonds. The van der Waals surface area contributed by atoms with E-state index in [2.05, 4.69) is 23.8 Å². The zero-order valence-electron chi connectivity index (χ0n) is 10.9. The second-order valence-corrected chi connectivity index (χ2v) is 4.49. The Morgan fingerprint density at radius 3 is 2.65 bits per heavy atom. The quantitative estimate of drug-likeness (QED) is 0.815. The third-order valence-corrected chi connectivity index (χ3v) is 3.40. The van der Waals surface area contributed by atoms with Gasteiger partial charge in [-0.25, -0.2) is 0 Å². The van der Waals surface area contributed by atoms with E-state index in [1.165, 1.54) is 0 Å². The van der Waals surface area contributed by atoms with Gasteiger partial charge in [0.05, 0.1) is 16.4 Å². The van der Waals surface area contributed by atoms with Gasteiger partial charge in [-0.1, -0.05) is 18.5 Å². The van der Waals surface area contributed by atoms with E-state index in [-0.39, 0.29) is 6.61 Å². The van der Waals surface area contributed by atoms with Gasteiger partial charge in [0.1, 0.15) is 0 Å². The molecule has 0 unspecified atom stereocenters. The summed E-state index contributed by atoms with van der Waals surface area (Å²) in [5.41, 5.74) is 1.97. The van der Waals surface area contributed by atoms with E-state index in [0.29, 0.717) is 0 Å². The SMILES string of the molecule is CCN(CCCO)Cc1c(Cl)c(C)nn1CC. The molecule has 0 saturated heterocycles. The summed E-state index contributed by atoms with van der Waals surface area (Å²) in [6.07, 6.45) is 0.796. The minimum Gasteiger partial charge on any atom is -0.396 e. The van der Waals surface area contributed by atoms with Crippen LogP contribution in [0.15, 0.2) is 0 Å². The summed E-state index contributed by atoms with van der Waals surface area (Å²) in [4.78, 5) is 2.27. The summed E-state index contributed by atoms with van der Waals surface area (Å²) < 4.78 is 1.96. The normalized spacial score (nSPS) is 11.4. The van der Waals surface area contributed by atoms with Crippen LogP contribution in [0.3, 0.4) is 0 Å². The lowest BCUT2D eigenvalue weighted by molar-refractivity contribution is 0.221. The molecule has 4 nitrogen and oxygen atoms in total. The molecule has 0 aromatic carbocycles. The van der Waals surface area contributed by atoms with Crippen LogP contribution in [0.5, 0.6) is 0 Å². The fourth-order valence-electron chi connectivity index (χ4n) is 1.88. The van der Waals surface area contributed by atoms with Crippen LogP contribution in [-0.4, -0.2) is 39.5 Å². The molecule has 0 atom stereocenters. The highest BCUT2D eigenvalue weighted by molar-refractivity contribution is 6.31. The number of rotatable bonds is 7. The summed E-state index contributed by atoms with van der Waals surface area (Å²) in [6.45, 7) is 9.81. The van der Waals surface area contributed by atoms with Crippen LogP contribution in [0.25, 0.3) is 0 Å². The van der Waals surface area contributed by atoms with Crippen LogP contribution in [0.4, 0.5) is 0 Å². The van der Waals surface area contributed by atoms with Crippen molar-refractivity contribution >= 4 is 11.6 Å². The molecule has 17 heavy (non-hydrogen) atoms. The average Bonchev–Trinajstić information content (AvgIpc) is 2.61. The van der Waals surface area contributed by atoms with E-state index in [1.807, 2.05) is 11.6 Å². The van der Waals surface area contributed by atoms with E-state index in [4.69, 9.17) is 16.7 Å². The van der Waals surface area contributed by atoms with Crippen molar-refractivity contribution in [3.63, 3.8) is 0 Å². The molecule has 0 aliphatic rings. The van der Waals surface area contributed by atoms with Gasteiger partial charge in [-0.05, 0) is 26.8 Å². The number of aliphatic hydroxyl groups is 1. The number of hydrogen-bond donors (Lipinski definition) is 1. The maximum atomic E-state index is 8.87. The van der Waals surface area contributed by atoms with Crippen molar-refractivity contribution in [2.75, 3.05) is 19.7 Å². The van der Waals surface area contributed by atoms with Crippen LogP contribution in [0.1, 0.15) is 31.7 Å². The molecule has 98 valence electrons. The Hall–Kier alpha value is -0.580. The van der Waals surface area contributed by atoms with E-state index in [1.54, 1.807) is 0 Å². The maximum Gasteiger partial charge on any atom is 0.0860 e. The Morgan fingerprint density at radius 1 is 1.41 bits per heavy atom.